The lowest BCUT2D eigenvalue weighted by molar-refractivity contribution is 0.0225. The number of rotatable bonds is 3. The molecule has 1 aliphatic heterocycles. The number of carbonyl (C=O) groups is 1. The van der Waals surface area contributed by atoms with E-state index in [1.54, 1.807) is 0 Å². The van der Waals surface area contributed by atoms with E-state index in [0.717, 1.165) is 12.8 Å². The quantitative estimate of drug-likeness (QED) is 0.799. The van der Waals surface area contributed by atoms with E-state index in [2.05, 4.69) is 14.9 Å². The standard InChI is InChI=1S/C14H19N3O4/c1-20-14(19)10-6-15-8-16-13(10)17-2-3-21-12-5-9(7-18)4-11(12)17/h6,8-9,11-12,18H,2-5,7H2,1H3/t9-,11+,12+/m1/s1. The molecule has 3 atom stereocenters. The minimum absolute atomic E-state index is 0.0800. The second kappa shape index (κ2) is 5.95. The van der Waals surface area contributed by atoms with E-state index in [9.17, 15) is 9.90 Å². The summed E-state index contributed by atoms with van der Waals surface area (Å²) in [4.78, 5) is 22.2. The van der Waals surface area contributed by atoms with Gasteiger partial charge in [-0.2, -0.15) is 0 Å². The highest BCUT2D eigenvalue weighted by molar-refractivity contribution is 5.94. The van der Waals surface area contributed by atoms with Gasteiger partial charge in [0.25, 0.3) is 0 Å². The molecule has 0 bridgehead atoms. The van der Waals surface area contributed by atoms with Gasteiger partial charge in [0.2, 0.25) is 0 Å². The lowest BCUT2D eigenvalue weighted by atomic mass is 10.1. The third-order valence-corrected chi connectivity index (χ3v) is 4.26. The first-order valence-corrected chi connectivity index (χ1v) is 7.12. The number of hydrogen-bond donors (Lipinski definition) is 1. The Morgan fingerprint density at radius 3 is 3.19 bits per heavy atom. The summed E-state index contributed by atoms with van der Waals surface area (Å²) in [5, 5.41) is 9.38. The molecule has 2 heterocycles. The van der Waals surface area contributed by atoms with E-state index < -0.39 is 5.97 Å². The monoisotopic (exact) mass is 293 g/mol. The van der Waals surface area contributed by atoms with Gasteiger partial charge in [-0.1, -0.05) is 0 Å². The largest absolute Gasteiger partial charge is 0.465 e. The fourth-order valence-corrected chi connectivity index (χ4v) is 3.27. The van der Waals surface area contributed by atoms with Crippen LogP contribution in [0.25, 0.3) is 0 Å². The Hall–Kier alpha value is -1.73. The SMILES string of the molecule is COC(=O)c1cncnc1N1CCO[C@H]2C[C@H](CO)C[C@@H]21. The summed E-state index contributed by atoms with van der Waals surface area (Å²) in [7, 11) is 1.35. The van der Waals surface area contributed by atoms with Gasteiger partial charge in [0.15, 0.2) is 0 Å². The number of aliphatic hydroxyl groups is 1. The van der Waals surface area contributed by atoms with Gasteiger partial charge in [-0.05, 0) is 18.8 Å². The Bertz CT molecular complexity index is 525. The minimum Gasteiger partial charge on any atom is -0.465 e. The second-order valence-electron chi connectivity index (χ2n) is 5.44. The molecule has 2 aliphatic rings. The van der Waals surface area contributed by atoms with Gasteiger partial charge in [0.1, 0.15) is 17.7 Å². The van der Waals surface area contributed by atoms with E-state index in [-0.39, 0.29) is 24.7 Å². The van der Waals surface area contributed by atoms with Crippen LogP contribution >= 0.6 is 0 Å². The number of carbonyl (C=O) groups excluding carboxylic acids is 1. The van der Waals surface area contributed by atoms with Crippen LogP contribution in [0.4, 0.5) is 5.82 Å². The molecule has 1 aromatic heterocycles. The number of esters is 1. The van der Waals surface area contributed by atoms with Crippen molar-refractivity contribution < 1.29 is 19.4 Å². The van der Waals surface area contributed by atoms with Crippen LogP contribution in [0.5, 0.6) is 0 Å². The van der Waals surface area contributed by atoms with Crippen LogP contribution in [-0.4, -0.2) is 60.1 Å². The maximum absolute atomic E-state index is 11.9. The van der Waals surface area contributed by atoms with E-state index in [4.69, 9.17) is 9.47 Å². The lowest BCUT2D eigenvalue weighted by Crippen LogP contribution is -2.49. The molecular formula is C14H19N3O4. The van der Waals surface area contributed by atoms with Crippen LogP contribution < -0.4 is 4.90 Å². The van der Waals surface area contributed by atoms with Gasteiger partial charge in [-0.25, -0.2) is 14.8 Å². The number of morpholine rings is 1. The first kappa shape index (κ1) is 14.2. The molecule has 1 saturated heterocycles. The summed E-state index contributed by atoms with van der Waals surface area (Å²) in [5.41, 5.74) is 0.369. The van der Waals surface area contributed by atoms with Crippen molar-refractivity contribution in [1.82, 2.24) is 9.97 Å². The van der Waals surface area contributed by atoms with Crippen molar-refractivity contribution in [3.63, 3.8) is 0 Å². The smallest absolute Gasteiger partial charge is 0.343 e. The molecule has 3 rings (SSSR count). The summed E-state index contributed by atoms with van der Waals surface area (Å²) in [6.45, 7) is 1.42. The highest BCUT2D eigenvalue weighted by Crippen LogP contribution is 2.36. The molecular weight excluding hydrogens is 274 g/mol. The van der Waals surface area contributed by atoms with Crippen molar-refractivity contribution in [2.45, 2.75) is 25.0 Å². The van der Waals surface area contributed by atoms with Crippen molar-refractivity contribution in [2.75, 3.05) is 31.8 Å². The number of fused-ring (bicyclic) bond motifs is 1. The van der Waals surface area contributed by atoms with Crippen molar-refractivity contribution in [2.24, 2.45) is 5.92 Å². The van der Waals surface area contributed by atoms with Gasteiger partial charge >= 0.3 is 5.97 Å². The second-order valence-corrected chi connectivity index (χ2v) is 5.44. The number of ether oxygens (including phenoxy) is 2. The Morgan fingerprint density at radius 2 is 2.43 bits per heavy atom. The van der Waals surface area contributed by atoms with Gasteiger partial charge in [0, 0.05) is 19.3 Å². The molecule has 114 valence electrons. The van der Waals surface area contributed by atoms with Crippen LogP contribution in [-0.2, 0) is 9.47 Å². The zero-order valence-electron chi connectivity index (χ0n) is 11.9. The van der Waals surface area contributed by atoms with Crippen molar-refractivity contribution in [3.8, 4) is 0 Å². The molecule has 1 aliphatic carbocycles. The van der Waals surface area contributed by atoms with Crippen LogP contribution in [0.2, 0.25) is 0 Å². The fraction of sp³-hybridized carbons (Fsp3) is 0.643. The summed E-state index contributed by atoms with van der Waals surface area (Å²) in [6, 6.07) is 0.134. The third-order valence-electron chi connectivity index (χ3n) is 4.26. The number of methoxy groups -OCH3 is 1. The molecule has 7 nitrogen and oxygen atoms in total. The predicted octanol–water partition coefficient (Wildman–Crippen LogP) is 0.239. The maximum Gasteiger partial charge on any atom is 0.343 e. The molecule has 1 aromatic rings. The molecule has 0 unspecified atom stereocenters. The predicted molar refractivity (Wildman–Crippen MR) is 74.1 cm³/mol. The summed E-state index contributed by atoms with van der Waals surface area (Å²) in [6.07, 6.45) is 4.68. The zero-order chi connectivity index (χ0) is 14.8. The lowest BCUT2D eigenvalue weighted by Gasteiger charge is -2.38. The van der Waals surface area contributed by atoms with Gasteiger partial charge in [-0.15, -0.1) is 0 Å². The average molecular weight is 293 g/mol. The van der Waals surface area contributed by atoms with Crippen LogP contribution in [0.1, 0.15) is 23.2 Å². The van der Waals surface area contributed by atoms with E-state index >= 15 is 0 Å². The van der Waals surface area contributed by atoms with Gasteiger partial charge in [-0.3, -0.25) is 0 Å². The van der Waals surface area contributed by atoms with E-state index in [0.29, 0.717) is 24.5 Å². The summed E-state index contributed by atoms with van der Waals surface area (Å²) < 4.78 is 10.6. The zero-order valence-corrected chi connectivity index (χ0v) is 11.9. The number of nitrogens with zero attached hydrogens (tertiary/aromatic N) is 3. The van der Waals surface area contributed by atoms with Crippen molar-refractivity contribution >= 4 is 11.8 Å². The van der Waals surface area contributed by atoms with Crippen LogP contribution in [0, 0.1) is 5.92 Å². The van der Waals surface area contributed by atoms with Gasteiger partial charge in [0.05, 0.1) is 25.9 Å². The van der Waals surface area contributed by atoms with Crippen LogP contribution in [0.3, 0.4) is 0 Å². The summed E-state index contributed by atoms with van der Waals surface area (Å²) >= 11 is 0. The van der Waals surface area contributed by atoms with E-state index in [1.807, 2.05) is 0 Å². The number of aromatic nitrogens is 2. The molecule has 21 heavy (non-hydrogen) atoms. The Labute approximate surface area is 122 Å². The number of anilines is 1. The molecule has 1 saturated carbocycles. The number of aliphatic hydroxyl groups excluding tert-OH is 1. The highest BCUT2D eigenvalue weighted by atomic mass is 16.5. The molecule has 2 fully saturated rings. The average Bonchev–Trinajstić information content (AvgIpc) is 2.97. The minimum atomic E-state index is -0.439. The normalized spacial score (nSPS) is 28.3. The fourth-order valence-electron chi connectivity index (χ4n) is 3.27. The van der Waals surface area contributed by atoms with E-state index in [1.165, 1.54) is 19.6 Å². The molecule has 0 spiro atoms. The summed E-state index contributed by atoms with van der Waals surface area (Å²) in [5.74, 6) is 0.392. The molecule has 0 amide bonds. The Kier molecular flexibility index (Phi) is 4.03. The van der Waals surface area contributed by atoms with Gasteiger partial charge < -0.3 is 19.5 Å². The first-order valence-electron chi connectivity index (χ1n) is 7.12. The topological polar surface area (TPSA) is 84.8 Å². The first-order chi connectivity index (χ1) is 10.2. The molecule has 0 aromatic carbocycles. The van der Waals surface area contributed by atoms with Crippen molar-refractivity contribution in [1.29, 1.82) is 0 Å². The molecule has 1 N–H and O–H groups in total. The Morgan fingerprint density at radius 1 is 1.57 bits per heavy atom. The molecule has 0 radical (unpaired) electrons. The van der Waals surface area contributed by atoms with Crippen LogP contribution in [0.15, 0.2) is 12.5 Å². The Balaban J connectivity index is 1.91. The number of hydrogen-bond acceptors (Lipinski definition) is 7. The van der Waals surface area contributed by atoms with Crippen molar-refractivity contribution in [3.05, 3.63) is 18.1 Å². The molecule has 7 heteroatoms. The highest BCUT2D eigenvalue weighted by Gasteiger charge is 2.42. The maximum atomic E-state index is 11.9. The third kappa shape index (κ3) is 2.58.